The monoisotopic (exact) mass is 339 g/mol. The average molecular weight is 340 g/mol. The van der Waals surface area contributed by atoms with Gasteiger partial charge in [-0.3, -0.25) is 0 Å². The summed E-state index contributed by atoms with van der Waals surface area (Å²) in [6, 6.07) is 6.67. The summed E-state index contributed by atoms with van der Waals surface area (Å²) in [6.45, 7) is 1.14. The van der Waals surface area contributed by atoms with Crippen LogP contribution in [0.2, 0.25) is 0 Å². The molecule has 1 aliphatic rings. The first-order chi connectivity index (χ1) is 9.29. The number of ether oxygens (including phenoxy) is 1. The second-order valence-electron chi connectivity index (χ2n) is 4.51. The minimum absolute atomic E-state index is 0.314. The van der Waals surface area contributed by atoms with Crippen LogP contribution in [-0.4, -0.2) is 24.2 Å². The minimum atomic E-state index is 0.314. The van der Waals surface area contributed by atoms with E-state index in [4.69, 9.17) is 11.2 Å². The van der Waals surface area contributed by atoms with Crippen LogP contribution in [0.3, 0.4) is 0 Å². The lowest BCUT2D eigenvalue weighted by atomic mass is 10.1. The maximum absolute atomic E-state index is 5.58. The zero-order valence-corrected chi connectivity index (χ0v) is 13.2. The van der Waals surface area contributed by atoms with Crippen LogP contribution in [0.4, 0.5) is 0 Å². The highest BCUT2D eigenvalue weighted by atomic mass is 79.9. The third kappa shape index (κ3) is 4.76. The van der Waals surface area contributed by atoms with Crippen molar-refractivity contribution in [3.63, 3.8) is 0 Å². The molecule has 2 rings (SSSR count). The van der Waals surface area contributed by atoms with Crippen LogP contribution in [0.25, 0.3) is 0 Å². The Bertz CT molecular complexity index is 452. The topological polar surface area (TPSA) is 21.3 Å². The number of hydrogen-bond donors (Lipinski definition) is 1. The van der Waals surface area contributed by atoms with Crippen LogP contribution in [0.1, 0.15) is 18.4 Å². The van der Waals surface area contributed by atoms with Crippen LogP contribution in [0, 0.1) is 12.3 Å². The fraction of sp³-hybridized carbons (Fsp3) is 0.467. The molecule has 0 spiro atoms. The van der Waals surface area contributed by atoms with Crippen molar-refractivity contribution in [1.82, 2.24) is 5.32 Å². The molecule has 1 aromatic carbocycles. The van der Waals surface area contributed by atoms with Crippen molar-refractivity contribution in [2.45, 2.75) is 25.4 Å². The second-order valence-corrected chi connectivity index (χ2v) is 6.65. The molecule has 2 nitrogen and oxygen atoms in total. The van der Waals surface area contributed by atoms with Gasteiger partial charge in [-0.15, -0.1) is 6.42 Å². The van der Waals surface area contributed by atoms with E-state index in [9.17, 15) is 0 Å². The lowest BCUT2D eigenvalue weighted by Crippen LogP contribution is -2.32. The van der Waals surface area contributed by atoms with Crippen molar-refractivity contribution in [2.24, 2.45) is 0 Å². The summed E-state index contributed by atoms with van der Waals surface area (Å²) in [7, 11) is 0. The van der Waals surface area contributed by atoms with E-state index >= 15 is 0 Å². The zero-order chi connectivity index (χ0) is 13.5. The molecule has 0 unspecified atom stereocenters. The van der Waals surface area contributed by atoms with Gasteiger partial charge in [0.2, 0.25) is 0 Å². The molecule has 1 heterocycles. The van der Waals surface area contributed by atoms with Crippen molar-refractivity contribution >= 4 is 27.7 Å². The summed E-state index contributed by atoms with van der Waals surface area (Å²) < 4.78 is 6.65. The second kappa shape index (κ2) is 7.84. The van der Waals surface area contributed by atoms with Crippen LogP contribution in [0.15, 0.2) is 22.7 Å². The molecular formula is C15H18BrNOS. The maximum atomic E-state index is 5.58. The van der Waals surface area contributed by atoms with Gasteiger partial charge in [0.15, 0.2) is 0 Å². The molecular weight excluding hydrogens is 322 g/mol. The Kier molecular flexibility index (Phi) is 6.09. The van der Waals surface area contributed by atoms with Gasteiger partial charge in [-0.25, -0.2) is 0 Å². The van der Waals surface area contributed by atoms with Gasteiger partial charge in [0.25, 0.3) is 0 Å². The fourth-order valence-corrected chi connectivity index (χ4v) is 3.62. The third-order valence-electron chi connectivity index (χ3n) is 3.14. The molecule has 1 aromatic rings. The largest absolute Gasteiger partial charge is 0.481 e. The van der Waals surface area contributed by atoms with Crippen LogP contribution >= 0.6 is 27.7 Å². The van der Waals surface area contributed by atoms with Crippen molar-refractivity contribution in [2.75, 3.05) is 18.1 Å². The summed E-state index contributed by atoms with van der Waals surface area (Å²) in [5.74, 6) is 5.90. The van der Waals surface area contributed by atoms with E-state index < -0.39 is 0 Å². The summed E-state index contributed by atoms with van der Waals surface area (Å²) in [5, 5.41) is 3.62. The molecule has 0 aliphatic carbocycles. The van der Waals surface area contributed by atoms with Crippen molar-refractivity contribution in [3.8, 4) is 18.1 Å². The Morgan fingerprint density at radius 2 is 2.21 bits per heavy atom. The van der Waals surface area contributed by atoms with E-state index in [1.54, 1.807) is 0 Å². The molecule has 1 aliphatic heterocycles. The number of nitrogens with one attached hydrogen (secondary N) is 1. The Morgan fingerprint density at radius 1 is 1.42 bits per heavy atom. The predicted octanol–water partition coefficient (Wildman–Crippen LogP) is 3.45. The quantitative estimate of drug-likeness (QED) is 0.830. The third-order valence-corrected chi connectivity index (χ3v) is 4.68. The van der Waals surface area contributed by atoms with Gasteiger partial charge < -0.3 is 10.1 Å². The van der Waals surface area contributed by atoms with Crippen molar-refractivity contribution < 1.29 is 4.74 Å². The lowest BCUT2D eigenvalue weighted by Gasteiger charge is -2.23. The molecule has 0 amide bonds. The van der Waals surface area contributed by atoms with Crippen LogP contribution < -0.4 is 10.1 Å². The van der Waals surface area contributed by atoms with E-state index in [1.165, 1.54) is 24.3 Å². The highest BCUT2D eigenvalue weighted by molar-refractivity contribution is 9.10. The van der Waals surface area contributed by atoms with E-state index in [0.29, 0.717) is 12.6 Å². The molecule has 102 valence electrons. The number of hydrogen-bond acceptors (Lipinski definition) is 3. The van der Waals surface area contributed by atoms with E-state index in [1.807, 2.05) is 23.9 Å². The molecule has 0 saturated carbocycles. The molecule has 19 heavy (non-hydrogen) atoms. The van der Waals surface area contributed by atoms with Gasteiger partial charge in [-0.2, -0.15) is 11.8 Å². The Labute approximate surface area is 127 Å². The highest BCUT2D eigenvalue weighted by Crippen LogP contribution is 2.24. The molecule has 0 radical (unpaired) electrons. The predicted molar refractivity (Wildman–Crippen MR) is 85.7 cm³/mol. The Morgan fingerprint density at radius 3 is 2.95 bits per heavy atom. The smallest absolute Gasteiger partial charge is 0.148 e. The van der Waals surface area contributed by atoms with Gasteiger partial charge >= 0.3 is 0 Å². The Balaban J connectivity index is 1.96. The summed E-state index contributed by atoms with van der Waals surface area (Å²) >= 11 is 5.55. The number of halogens is 1. The minimum Gasteiger partial charge on any atom is -0.481 e. The summed E-state index contributed by atoms with van der Waals surface area (Å²) in [5.41, 5.74) is 1.16. The number of rotatable bonds is 5. The lowest BCUT2D eigenvalue weighted by molar-refractivity contribution is 0.362. The van der Waals surface area contributed by atoms with Crippen LogP contribution in [0.5, 0.6) is 5.75 Å². The van der Waals surface area contributed by atoms with Crippen LogP contribution in [-0.2, 0) is 6.54 Å². The van der Waals surface area contributed by atoms with E-state index in [-0.39, 0.29) is 0 Å². The molecule has 0 atom stereocenters. The first-order valence-electron chi connectivity index (χ1n) is 6.45. The molecule has 1 saturated heterocycles. The summed E-state index contributed by atoms with van der Waals surface area (Å²) in [4.78, 5) is 0. The Hall–Kier alpha value is -0.630. The number of benzene rings is 1. The maximum Gasteiger partial charge on any atom is 0.148 e. The zero-order valence-electron chi connectivity index (χ0n) is 10.8. The SMILES string of the molecule is C#CCOc1ccc(Br)cc1CNC1CCSCC1. The van der Waals surface area contributed by atoms with Gasteiger partial charge in [0.05, 0.1) is 0 Å². The first kappa shape index (κ1) is 14.8. The molecule has 1 N–H and O–H groups in total. The molecule has 4 heteroatoms. The van der Waals surface area contributed by atoms with Crippen molar-refractivity contribution in [3.05, 3.63) is 28.2 Å². The molecule has 0 bridgehead atoms. The fourth-order valence-electron chi connectivity index (χ4n) is 2.10. The first-order valence-corrected chi connectivity index (χ1v) is 8.40. The van der Waals surface area contributed by atoms with Crippen molar-refractivity contribution in [1.29, 1.82) is 0 Å². The standard InChI is InChI=1S/C15H18BrNOS/c1-2-7-18-15-4-3-13(16)10-12(15)11-17-14-5-8-19-9-6-14/h1,3-4,10,14,17H,5-9,11H2. The van der Waals surface area contributed by atoms with Gasteiger partial charge in [-0.05, 0) is 42.5 Å². The number of thioether (sulfide) groups is 1. The average Bonchev–Trinajstić information content (AvgIpc) is 2.45. The number of terminal acetylenes is 1. The summed E-state index contributed by atoms with van der Waals surface area (Å²) in [6.07, 6.45) is 7.74. The van der Waals surface area contributed by atoms with E-state index in [0.717, 1.165) is 22.3 Å². The highest BCUT2D eigenvalue weighted by Gasteiger charge is 2.14. The molecule has 0 aromatic heterocycles. The van der Waals surface area contributed by atoms with Gasteiger partial charge in [-0.1, -0.05) is 21.9 Å². The van der Waals surface area contributed by atoms with Gasteiger partial charge in [0, 0.05) is 22.6 Å². The van der Waals surface area contributed by atoms with Gasteiger partial charge in [0.1, 0.15) is 12.4 Å². The molecule has 1 fully saturated rings. The normalized spacial score (nSPS) is 16.0. The van der Waals surface area contributed by atoms with E-state index in [2.05, 4.69) is 33.2 Å².